The maximum absolute atomic E-state index is 13.1. The molecule has 1 aromatic rings. The molecule has 0 unspecified atom stereocenters. The number of piperazine rings is 1. The Morgan fingerprint density at radius 1 is 1.18 bits per heavy atom. The number of sulfone groups is 1. The molecule has 8 heteroatoms. The molecule has 0 saturated carbocycles. The van der Waals surface area contributed by atoms with Crippen LogP contribution < -0.4 is 10.2 Å². The van der Waals surface area contributed by atoms with Crippen LogP contribution in [0.3, 0.4) is 0 Å². The second-order valence-corrected chi connectivity index (χ2v) is 10.4. The van der Waals surface area contributed by atoms with Crippen molar-refractivity contribution in [2.45, 2.75) is 27.2 Å². The van der Waals surface area contributed by atoms with Crippen molar-refractivity contribution in [1.82, 2.24) is 10.2 Å². The quantitative estimate of drug-likeness (QED) is 0.550. The third-order valence-corrected chi connectivity index (χ3v) is 5.86. The van der Waals surface area contributed by atoms with Gasteiger partial charge in [0.05, 0.1) is 5.75 Å². The van der Waals surface area contributed by atoms with Crippen molar-refractivity contribution in [2.24, 2.45) is 10.4 Å². The zero-order valence-electron chi connectivity index (χ0n) is 17.4. The molecule has 28 heavy (non-hydrogen) atoms. The molecule has 1 heterocycles. The van der Waals surface area contributed by atoms with Crippen molar-refractivity contribution in [2.75, 3.05) is 56.2 Å². The Labute approximate surface area is 168 Å². The summed E-state index contributed by atoms with van der Waals surface area (Å²) < 4.78 is 36.0. The monoisotopic (exact) mass is 412 g/mol. The highest BCUT2D eigenvalue weighted by Crippen LogP contribution is 2.22. The van der Waals surface area contributed by atoms with Gasteiger partial charge in [0.2, 0.25) is 0 Å². The molecule has 1 aliphatic heterocycles. The standard InChI is InChI=1S/C20H33FN4O2S/c1-5-22-19(23-16-20(2,3)10-15-28(4,26)27)25-13-11-24(12-14-25)18-8-6-17(21)7-9-18/h6-9H,5,10-16H2,1-4H3,(H,22,23). The van der Waals surface area contributed by atoms with Crippen LogP contribution in [0.5, 0.6) is 0 Å². The number of halogens is 1. The van der Waals surface area contributed by atoms with E-state index in [2.05, 4.69) is 29.0 Å². The van der Waals surface area contributed by atoms with E-state index in [1.165, 1.54) is 18.4 Å². The molecule has 0 aromatic heterocycles. The van der Waals surface area contributed by atoms with Gasteiger partial charge in [-0.05, 0) is 43.0 Å². The number of rotatable bonds is 7. The van der Waals surface area contributed by atoms with Gasteiger partial charge in [0.25, 0.3) is 0 Å². The zero-order valence-corrected chi connectivity index (χ0v) is 18.2. The van der Waals surface area contributed by atoms with Gasteiger partial charge in [-0.2, -0.15) is 0 Å². The largest absolute Gasteiger partial charge is 0.368 e. The van der Waals surface area contributed by atoms with Crippen molar-refractivity contribution >= 4 is 21.5 Å². The summed E-state index contributed by atoms with van der Waals surface area (Å²) in [6.07, 6.45) is 1.87. The van der Waals surface area contributed by atoms with Crippen molar-refractivity contribution in [1.29, 1.82) is 0 Å². The Bertz CT molecular complexity index is 755. The highest BCUT2D eigenvalue weighted by atomic mass is 32.2. The Balaban J connectivity index is 1.96. The third-order valence-electron chi connectivity index (χ3n) is 4.91. The second kappa shape index (κ2) is 9.58. The van der Waals surface area contributed by atoms with Gasteiger partial charge in [0.1, 0.15) is 15.7 Å². The van der Waals surface area contributed by atoms with Crippen LogP contribution in [0, 0.1) is 11.2 Å². The fourth-order valence-electron chi connectivity index (χ4n) is 3.08. The molecule has 158 valence electrons. The highest BCUT2D eigenvalue weighted by Gasteiger charge is 2.23. The maximum atomic E-state index is 13.1. The zero-order chi connectivity index (χ0) is 20.8. The van der Waals surface area contributed by atoms with Crippen LogP contribution in [0.2, 0.25) is 0 Å². The topological polar surface area (TPSA) is 65.0 Å². The SMILES string of the molecule is CCNC(=NCC(C)(C)CCS(C)(=O)=O)N1CCN(c2ccc(F)cc2)CC1. The normalized spacial score (nSPS) is 16.4. The lowest BCUT2D eigenvalue weighted by atomic mass is 9.90. The molecule has 1 aliphatic rings. The molecule has 1 saturated heterocycles. The van der Waals surface area contributed by atoms with Gasteiger partial charge in [-0.1, -0.05) is 13.8 Å². The van der Waals surface area contributed by atoms with Gasteiger partial charge in [-0.15, -0.1) is 0 Å². The molecule has 0 atom stereocenters. The van der Waals surface area contributed by atoms with E-state index in [4.69, 9.17) is 4.99 Å². The Hall–Kier alpha value is -1.83. The smallest absolute Gasteiger partial charge is 0.194 e. The average molecular weight is 413 g/mol. The lowest BCUT2D eigenvalue weighted by molar-refractivity contribution is 0.348. The van der Waals surface area contributed by atoms with Gasteiger partial charge < -0.3 is 15.1 Å². The Kier molecular flexibility index (Phi) is 7.69. The molecule has 0 amide bonds. The summed E-state index contributed by atoms with van der Waals surface area (Å²) in [5, 5.41) is 3.35. The summed E-state index contributed by atoms with van der Waals surface area (Å²) in [7, 11) is -2.97. The number of guanidine groups is 1. The van der Waals surface area contributed by atoms with Crippen molar-refractivity contribution < 1.29 is 12.8 Å². The number of nitrogens with one attached hydrogen (secondary N) is 1. The summed E-state index contributed by atoms with van der Waals surface area (Å²) in [5.74, 6) is 0.832. The van der Waals surface area contributed by atoms with E-state index in [9.17, 15) is 12.8 Å². The first kappa shape index (κ1) is 22.5. The second-order valence-electron chi connectivity index (χ2n) is 8.16. The van der Waals surface area contributed by atoms with Crippen molar-refractivity contribution in [3.8, 4) is 0 Å². The van der Waals surface area contributed by atoms with Gasteiger partial charge in [0, 0.05) is 51.2 Å². The molecule has 1 fully saturated rings. The number of nitrogens with zero attached hydrogens (tertiary/aromatic N) is 3. The summed E-state index contributed by atoms with van der Waals surface area (Å²) in [6.45, 7) is 10.8. The van der Waals surface area contributed by atoms with E-state index >= 15 is 0 Å². The highest BCUT2D eigenvalue weighted by molar-refractivity contribution is 7.90. The fraction of sp³-hybridized carbons (Fsp3) is 0.650. The minimum atomic E-state index is -2.97. The summed E-state index contributed by atoms with van der Waals surface area (Å²) in [5.41, 5.74) is 0.851. The number of hydrogen-bond acceptors (Lipinski definition) is 4. The first-order valence-electron chi connectivity index (χ1n) is 9.81. The van der Waals surface area contributed by atoms with Crippen LogP contribution in [0.15, 0.2) is 29.3 Å². The molecule has 0 bridgehead atoms. The average Bonchev–Trinajstić information content (AvgIpc) is 2.64. The summed E-state index contributed by atoms with van der Waals surface area (Å²) in [6, 6.07) is 6.61. The predicted octanol–water partition coefficient (Wildman–Crippen LogP) is 2.37. The lowest BCUT2D eigenvalue weighted by Crippen LogP contribution is -2.52. The molecular formula is C20H33FN4O2S. The summed E-state index contributed by atoms with van der Waals surface area (Å²) >= 11 is 0. The minimum absolute atomic E-state index is 0.181. The van der Waals surface area contributed by atoms with Crippen LogP contribution in [-0.2, 0) is 9.84 Å². The molecule has 1 aromatic carbocycles. The maximum Gasteiger partial charge on any atom is 0.194 e. The van der Waals surface area contributed by atoms with Crippen LogP contribution in [-0.4, -0.2) is 70.6 Å². The third kappa shape index (κ3) is 7.30. The van der Waals surface area contributed by atoms with Crippen LogP contribution in [0.1, 0.15) is 27.2 Å². The molecule has 2 rings (SSSR count). The molecule has 0 radical (unpaired) electrons. The van der Waals surface area contributed by atoms with Crippen molar-refractivity contribution in [3.05, 3.63) is 30.1 Å². The molecular weight excluding hydrogens is 379 g/mol. The fourth-order valence-corrected chi connectivity index (χ4v) is 4.01. The molecule has 6 nitrogen and oxygen atoms in total. The number of hydrogen-bond donors (Lipinski definition) is 1. The summed E-state index contributed by atoms with van der Waals surface area (Å²) in [4.78, 5) is 9.27. The van der Waals surface area contributed by atoms with E-state index in [-0.39, 0.29) is 17.0 Å². The number of aliphatic imine (C=N–C) groups is 1. The van der Waals surface area contributed by atoms with E-state index in [0.717, 1.165) is 44.4 Å². The van der Waals surface area contributed by atoms with Crippen LogP contribution in [0.4, 0.5) is 10.1 Å². The van der Waals surface area contributed by atoms with Gasteiger partial charge >= 0.3 is 0 Å². The first-order chi connectivity index (χ1) is 13.1. The van der Waals surface area contributed by atoms with E-state index in [0.29, 0.717) is 13.0 Å². The van der Waals surface area contributed by atoms with Crippen molar-refractivity contribution in [3.63, 3.8) is 0 Å². The minimum Gasteiger partial charge on any atom is -0.368 e. The van der Waals surface area contributed by atoms with E-state index in [1.54, 1.807) is 0 Å². The van der Waals surface area contributed by atoms with Crippen LogP contribution >= 0.6 is 0 Å². The Morgan fingerprint density at radius 2 is 1.79 bits per heavy atom. The van der Waals surface area contributed by atoms with Gasteiger partial charge in [-0.3, -0.25) is 4.99 Å². The molecule has 0 spiro atoms. The molecule has 0 aliphatic carbocycles. The molecule has 1 N–H and O–H groups in total. The lowest BCUT2D eigenvalue weighted by Gasteiger charge is -2.38. The van der Waals surface area contributed by atoms with E-state index in [1.807, 2.05) is 19.1 Å². The number of benzene rings is 1. The predicted molar refractivity (Wildman–Crippen MR) is 114 cm³/mol. The Morgan fingerprint density at radius 3 is 2.32 bits per heavy atom. The van der Waals surface area contributed by atoms with E-state index < -0.39 is 9.84 Å². The number of anilines is 1. The van der Waals surface area contributed by atoms with Gasteiger partial charge in [-0.25, -0.2) is 12.8 Å². The van der Waals surface area contributed by atoms with Gasteiger partial charge in [0.15, 0.2) is 5.96 Å². The van der Waals surface area contributed by atoms with Crippen LogP contribution in [0.25, 0.3) is 0 Å². The first-order valence-corrected chi connectivity index (χ1v) is 11.9.